The van der Waals surface area contributed by atoms with Gasteiger partial charge in [0, 0.05) is 23.5 Å². The zero-order valence-electron chi connectivity index (χ0n) is 12.4. The first-order valence-corrected chi connectivity index (χ1v) is 9.36. The number of hydrogen-bond acceptors (Lipinski definition) is 3. The molecule has 21 heavy (non-hydrogen) atoms. The Morgan fingerprint density at radius 2 is 1.71 bits per heavy atom. The van der Waals surface area contributed by atoms with Crippen molar-refractivity contribution in [3.63, 3.8) is 0 Å². The number of carbonyl (C=O) groups is 1. The van der Waals surface area contributed by atoms with E-state index in [1.165, 1.54) is 19.1 Å². The number of sulfonamides is 1. The fourth-order valence-electron chi connectivity index (χ4n) is 1.88. The van der Waals surface area contributed by atoms with Crippen molar-refractivity contribution in [3.05, 3.63) is 24.3 Å². The highest BCUT2D eigenvalue weighted by Crippen LogP contribution is 2.22. The van der Waals surface area contributed by atoms with E-state index < -0.39 is 15.6 Å². The van der Waals surface area contributed by atoms with Crippen molar-refractivity contribution >= 4 is 37.5 Å². The second kappa shape index (κ2) is 7.38. The lowest BCUT2D eigenvalue weighted by molar-refractivity contribution is -0.114. The van der Waals surface area contributed by atoms with Crippen LogP contribution in [0.25, 0.3) is 0 Å². The first-order valence-electron chi connectivity index (χ1n) is 6.76. The van der Waals surface area contributed by atoms with Crippen molar-refractivity contribution in [3.8, 4) is 0 Å². The third-order valence-corrected chi connectivity index (χ3v) is 6.11. The molecule has 0 aromatic heterocycles. The molecule has 1 aromatic rings. The molecule has 2 N–H and O–H groups in total. The lowest BCUT2D eigenvalue weighted by atomic mass is 9.97. The monoisotopic (exact) mass is 376 g/mol. The summed E-state index contributed by atoms with van der Waals surface area (Å²) in [6, 6.07) is 6.11. The maximum atomic E-state index is 12.4. The van der Waals surface area contributed by atoms with Gasteiger partial charge in [-0.2, -0.15) is 0 Å². The van der Waals surface area contributed by atoms with Crippen LogP contribution in [0.15, 0.2) is 29.2 Å². The summed E-state index contributed by atoms with van der Waals surface area (Å²) in [6.45, 7) is 5.30. The molecule has 0 bridgehead atoms. The molecule has 0 saturated heterocycles. The fourth-order valence-corrected chi connectivity index (χ4v) is 4.54. The Hall–Kier alpha value is -0.920. The summed E-state index contributed by atoms with van der Waals surface area (Å²) in [5.74, 6) is -0.195. The summed E-state index contributed by atoms with van der Waals surface area (Å²) in [7, 11) is -3.59. The lowest BCUT2D eigenvalue weighted by Gasteiger charge is -2.30. The van der Waals surface area contributed by atoms with Gasteiger partial charge in [0.2, 0.25) is 15.9 Å². The first-order chi connectivity index (χ1) is 9.78. The topological polar surface area (TPSA) is 75.3 Å². The fraction of sp³-hybridized carbons (Fsp3) is 0.500. The minimum absolute atomic E-state index is 0.184. The van der Waals surface area contributed by atoms with E-state index in [-0.39, 0.29) is 10.8 Å². The summed E-state index contributed by atoms with van der Waals surface area (Å²) >= 11 is 3.38. The van der Waals surface area contributed by atoms with Crippen LogP contribution in [0.1, 0.15) is 33.6 Å². The zero-order valence-corrected chi connectivity index (χ0v) is 14.8. The molecule has 0 aliphatic carbocycles. The lowest BCUT2D eigenvalue weighted by Crippen LogP contribution is -2.48. The molecule has 7 heteroatoms. The molecular formula is C14H21BrN2O3S. The molecule has 0 saturated carbocycles. The quantitative estimate of drug-likeness (QED) is 0.718. The molecule has 1 amide bonds. The van der Waals surface area contributed by atoms with Crippen LogP contribution in [-0.2, 0) is 14.8 Å². The average molecular weight is 377 g/mol. The van der Waals surface area contributed by atoms with Gasteiger partial charge >= 0.3 is 0 Å². The number of benzene rings is 1. The number of anilines is 1. The van der Waals surface area contributed by atoms with Crippen LogP contribution in [-0.4, -0.2) is 25.2 Å². The van der Waals surface area contributed by atoms with Crippen LogP contribution in [0.5, 0.6) is 0 Å². The summed E-state index contributed by atoms with van der Waals surface area (Å²) in [4.78, 5) is 11.1. The van der Waals surface area contributed by atoms with E-state index in [2.05, 4.69) is 26.0 Å². The van der Waals surface area contributed by atoms with Crippen molar-refractivity contribution in [1.82, 2.24) is 4.72 Å². The van der Waals surface area contributed by atoms with Crippen LogP contribution in [0.4, 0.5) is 5.69 Å². The molecule has 118 valence electrons. The Morgan fingerprint density at radius 3 is 2.10 bits per heavy atom. The Balaban J connectivity index is 3.00. The number of amides is 1. The molecule has 5 nitrogen and oxygen atoms in total. The van der Waals surface area contributed by atoms with E-state index in [4.69, 9.17) is 0 Å². The van der Waals surface area contributed by atoms with Gasteiger partial charge in [-0.15, -0.1) is 0 Å². The summed E-state index contributed by atoms with van der Waals surface area (Å²) in [6.07, 6.45) is 1.38. The zero-order chi connectivity index (χ0) is 16.1. The molecule has 0 atom stereocenters. The Bertz CT molecular complexity index is 572. The normalized spacial score (nSPS) is 12.2. The van der Waals surface area contributed by atoms with Gasteiger partial charge in [-0.25, -0.2) is 13.1 Å². The summed E-state index contributed by atoms with van der Waals surface area (Å²) in [5.41, 5.74) is 0.0778. The SMILES string of the molecule is CCC(CC)(CBr)NS(=O)(=O)c1ccc(NC(C)=O)cc1. The van der Waals surface area contributed by atoms with E-state index in [1.807, 2.05) is 13.8 Å². The van der Waals surface area contributed by atoms with Gasteiger partial charge in [-0.1, -0.05) is 29.8 Å². The van der Waals surface area contributed by atoms with Gasteiger partial charge in [-0.3, -0.25) is 4.79 Å². The van der Waals surface area contributed by atoms with Crippen LogP contribution in [0.2, 0.25) is 0 Å². The molecule has 0 radical (unpaired) electrons. The Labute approximate surface area is 134 Å². The van der Waals surface area contributed by atoms with Gasteiger partial charge in [-0.05, 0) is 37.1 Å². The third-order valence-electron chi connectivity index (χ3n) is 3.45. The number of hydrogen-bond donors (Lipinski definition) is 2. The van der Waals surface area contributed by atoms with Crippen molar-refractivity contribution in [1.29, 1.82) is 0 Å². The number of nitrogens with one attached hydrogen (secondary N) is 2. The summed E-state index contributed by atoms with van der Waals surface area (Å²) in [5, 5.41) is 3.16. The van der Waals surface area contributed by atoms with Crippen molar-refractivity contribution < 1.29 is 13.2 Å². The minimum Gasteiger partial charge on any atom is -0.326 e. The number of alkyl halides is 1. The average Bonchev–Trinajstić information content (AvgIpc) is 2.45. The molecule has 0 heterocycles. The van der Waals surface area contributed by atoms with E-state index in [0.29, 0.717) is 23.9 Å². The standard InChI is InChI=1S/C14H21BrN2O3S/c1-4-14(5-2,10-15)17-21(19,20)13-8-6-12(7-9-13)16-11(3)18/h6-9,17H,4-5,10H2,1-3H3,(H,16,18). The molecule has 0 spiro atoms. The molecule has 0 unspecified atom stereocenters. The van der Waals surface area contributed by atoms with Crippen LogP contribution < -0.4 is 10.0 Å². The van der Waals surface area contributed by atoms with Gasteiger partial charge < -0.3 is 5.32 Å². The van der Waals surface area contributed by atoms with Crippen molar-refractivity contribution in [2.24, 2.45) is 0 Å². The second-order valence-corrected chi connectivity index (χ2v) is 7.18. The maximum Gasteiger partial charge on any atom is 0.241 e. The smallest absolute Gasteiger partial charge is 0.241 e. The minimum atomic E-state index is -3.59. The van der Waals surface area contributed by atoms with E-state index in [1.54, 1.807) is 12.1 Å². The molecular weight excluding hydrogens is 356 g/mol. The highest BCUT2D eigenvalue weighted by Gasteiger charge is 2.31. The first kappa shape index (κ1) is 18.1. The molecule has 0 aliphatic heterocycles. The van der Waals surface area contributed by atoms with Crippen molar-refractivity contribution in [2.75, 3.05) is 10.6 Å². The predicted octanol–water partition coefficient (Wildman–Crippen LogP) is 2.88. The van der Waals surface area contributed by atoms with E-state index in [9.17, 15) is 13.2 Å². The van der Waals surface area contributed by atoms with E-state index in [0.717, 1.165) is 0 Å². The Morgan fingerprint density at radius 1 is 1.19 bits per heavy atom. The summed E-state index contributed by atoms with van der Waals surface area (Å²) < 4.78 is 27.6. The van der Waals surface area contributed by atoms with Crippen LogP contribution in [0, 0.1) is 0 Å². The number of halogens is 1. The number of rotatable bonds is 7. The number of carbonyl (C=O) groups excluding carboxylic acids is 1. The Kier molecular flexibility index (Phi) is 6.37. The highest BCUT2D eigenvalue weighted by atomic mass is 79.9. The van der Waals surface area contributed by atoms with Gasteiger partial charge in [0.1, 0.15) is 0 Å². The maximum absolute atomic E-state index is 12.4. The van der Waals surface area contributed by atoms with Crippen molar-refractivity contribution in [2.45, 2.75) is 44.0 Å². The van der Waals surface area contributed by atoms with Gasteiger partial charge in [0.25, 0.3) is 0 Å². The van der Waals surface area contributed by atoms with Gasteiger partial charge in [0.15, 0.2) is 0 Å². The highest BCUT2D eigenvalue weighted by molar-refractivity contribution is 9.09. The van der Waals surface area contributed by atoms with E-state index >= 15 is 0 Å². The molecule has 0 fully saturated rings. The molecule has 0 aliphatic rings. The third kappa shape index (κ3) is 4.79. The van der Waals surface area contributed by atoms with Crippen LogP contribution in [0.3, 0.4) is 0 Å². The van der Waals surface area contributed by atoms with Gasteiger partial charge in [0.05, 0.1) is 4.90 Å². The second-order valence-electron chi connectivity index (χ2n) is 4.93. The largest absolute Gasteiger partial charge is 0.326 e. The molecule has 1 rings (SSSR count). The van der Waals surface area contributed by atoms with Crippen LogP contribution >= 0.6 is 15.9 Å². The molecule has 1 aromatic carbocycles. The predicted molar refractivity (Wildman–Crippen MR) is 88.2 cm³/mol.